The number of benzene rings is 1. The first-order valence-electron chi connectivity index (χ1n) is 11.5. The molecule has 0 aromatic heterocycles. The summed E-state index contributed by atoms with van der Waals surface area (Å²) in [6.45, 7) is 9.69. The fourth-order valence-corrected chi connectivity index (χ4v) is 3.86. The Hall–Kier alpha value is -2.42. The Kier molecular flexibility index (Phi) is 9.46. The summed E-state index contributed by atoms with van der Waals surface area (Å²) in [6, 6.07) is 4.30. The van der Waals surface area contributed by atoms with Crippen LogP contribution in [0.3, 0.4) is 0 Å². The molecule has 1 saturated carbocycles. The maximum Gasteiger partial charge on any atom is 0.408 e. The number of nitrogens with one attached hydrogen (secondary N) is 2. The zero-order valence-corrected chi connectivity index (χ0v) is 21.0. The monoisotopic (exact) mass is 479 g/mol. The number of amides is 3. The van der Waals surface area contributed by atoms with Crippen LogP contribution < -0.4 is 10.6 Å². The molecule has 1 aromatic rings. The molecule has 0 heterocycles. The number of carbonyl (C=O) groups is 3. The minimum Gasteiger partial charge on any atom is -0.508 e. The summed E-state index contributed by atoms with van der Waals surface area (Å²) in [7, 11) is 0. The van der Waals surface area contributed by atoms with Crippen molar-refractivity contribution in [1.29, 1.82) is 0 Å². The summed E-state index contributed by atoms with van der Waals surface area (Å²) in [4.78, 5) is 40.9. The van der Waals surface area contributed by atoms with Gasteiger partial charge in [-0.05, 0) is 45.6 Å². The van der Waals surface area contributed by atoms with Crippen molar-refractivity contribution in [2.24, 2.45) is 5.92 Å². The van der Waals surface area contributed by atoms with Gasteiger partial charge in [-0.3, -0.25) is 9.59 Å². The molecule has 0 radical (unpaired) electrons. The van der Waals surface area contributed by atoms with Crippen molar-refractivity contribution >= 4 is 30.5 Å². The lowest BCUT2D eigenvalue weighted by molar-refractivity contribution is -0.143. The van der Waals surface area contributed by atoms with E-state index in [1.807, 2.05) is 13.8 Å². The van der Waals surface area contributed by atoms with Gasteiger partial charge in [0, 0.05) is 23.9 Å². The lowest BCUT2D eigenvalue weighted by atomic mass is 10.0. The van der Waals surface area contributed by atoms with Crippen molar-refractivity contribution in [1.82, 2.24) is 15.5 Å². The summed E-state index contributed by atoms with van der Waals surface area (Å²) in [6.07, 6.45) is 1.70. The van der Waals surface area contributed by atoms with Crippen LogP contribution in [-0.4, -0.2) is 57.9 Å². The van der Waals surface area contributed by atoms with E-state index in [2.05, 4.69) is 23.3 Å². The number of phenolic OH excluding ortho intramolecular Hbond substituents is 1. The van der Waals surface area contributed by atoms with Gasteiger partial charge in [0.2, 0.25) is 11.8 Å². The predicted octanol–water partition coefficient (Wildman–Crippen LogP) is 3.41. The Morgan fingerprint density at radius 1 is 1.27 bits per heavy atom. The van der Waals surface area contributed by atoms with Crippen LogP contribution in [0.2, 0.25) is 0 Å². The Morgan fingerprint density at radius 2 is 1.91 bits per heavy atom. The number of alkyl carbamates (subject to hydrolysis) is 1. The summed E-state index contributed by atoms with van der Waals surface area (Å²) < 4.78 is 5.30. The van der Waals surface area contributed by atoms with E-state index < -0.39 is 29.7 Å². The van der Waals surface area contributed by atoms with Gasteiger partial charge in [-0.25, -0.2) is 4.79 Å². The van der Waals surface area contributed by atoms with Crippen molar-refractivity contribution in [2.75, 3.05) is 12.3 Å². The Morgan fingerprint density at radius 3 is 2.42 bits per heavy atom. The molecule has 0 spiro atoms. The third-order valence-corrected chi connectivity index (χ3v) is 5.80. The second kappa shape index (κ2) is 11.6. The molecule has 3 amide bonds. The van der Waals surface area contributed by atoms with Gasteiger partial charge >= 0.3 is 6.09 Å². The summed E-state index contributed by atoms with van der Waals surface area (Å²) >= 11 is 4.28. The van der Waals surface area contributed by atoms with Gasteiger partial charge in [0.05, 0.1) is 0 Å². The first-order valence-corrected chi connectivity index (χ1v) is 12.1. The molecule has 3 N–H and O–H groups in total. The van der Waals surface area contributed by atoms with Crippen molar-refractivity contribution in [3.63, 3.8) is 0 Å². The van der Waals surface area contributed by atoms with Crippen molar-refractivity contribution < 1.29 is 24.2 Å². The second-order valence-electron chi connectivity index (χ2n) is 9.51. The minimum absolute atomic E-state index is 0.0284. The second-order valence-corrected chi connectivity index (χ2v) is 9.88. The Bertz CT molecular complexity index is 842. The zero-order chi connectivity index (χ0) is 24.8. The fraction of sp³-hybridized carbons (Fsp3) is 0.625. The van der Waals surface area contributed by atoms with Crippen molar-refractivity contribution in [3.05, 3.63) is 29.8 Å². The highest BCUT2D eigenvalue weighted by molar-refractivity contribution is 7.80. The molecule has 184 valence electrons. The van der Waals surface area contributed by atoms with E-state index in [4.69, 9.17) is 4.74 Å². The quantitative estimate of drug-likeness (QED) is 0.304. The molecular formula is C24H37N3O5S. The van der Waals surface area contributed by atoms with Gasteiger partial charge < -0.3 is 25.4 Å². The number of para-hydroxylation sites is 1. The highest BCUT2D eigenvalue weighted by Crippen LogP contribution is 2.42. The number of phenols is 1. The molecule has 0 bridgehead atoms. The number of rotatable bonds is 10. The molecular weight excluding hydrogens is 442 g/mol. The molecule has 8 nitrogen and oxygen atoms in total. The van der Waals surface area contributed by atoms with Crippen LogP contribution in [-0.2, 0) is 14.3 Å². The van der Waals surface area contributed by atoms with Crippen LogP contribution in [0.5, 0.6) is 5.75 Å². The molecule has 0 saturated heterocycles. The number of hydrogen-bond donors (Lipinski definition) is 4. The number of unbranched alkanes of at least 4 members (excludes halogenated alkanes) is 1. The molecule has 1 aliphatic carbocycles. The summed E-state index contributed by atoms with van der Waals surface area (Å²) in [5.74, 6) is -0.660. The van der Waals surface area contributed by atoms with Crippen LogP contribution in [0.15, 0.2) is 24.3 Å². The van der Waals surface area contributed by atoms with E-state index in [0.717, 1.165) is 19.3 Å². The van der Waals surface area contributed by atoms with E-state index in [1.165, 1.54) is 11.0 Å². The molecule has 4 atom stereocenters. The van der Waals surface area contributed by atoms with Crippen molar-refractivity contribution in [2.45, 2.75) is 77.6 Å². The molecule has 0 aliphatic heterocycles. The lowest BCUT2D eigenvalue weighted by Crippen LogP contribution is -2.54. The maximum absolute atomic E-state index is 13.7. The number of ether oxygens (including phenoxy) is 1. The van der Waals surface area contributed by atoms with Gasteiger partial charge in [0.15, 0.2) is 0 Å². The van der Waals surface area contributed by atoms with Crippen LogP contribution in [0, 0.1) is 5.92 Å². The van der Waals surface area contributed by atoms with Crippen LogP contribution in [0.4, 0.5) is 4.79 Å². The standard InChI is InChI=1S/C24H37N3O5S/c1-6-7-12-25-21(29)20(16-10-8-9-11-19(16)28)27(18-13-15(18)2)22(30)17(14-33)26-23(31)32-24(3,4)5/h8-11,15,17-18,20,28,33H,6-7,12-14H2,1-5H3,(H,25,29)(H,26,31). The number of thiol groups is 1. The fourth-order valence-electron chi connectivity index (χ4n) is 3.61. The van der Waals surface area contributed by atoms with Gasteiger partial charge in [-0.1, -0.05) is 38.5 Å². The maximum atomic E-state index is 13.7. The summed E-state index contributed by atoms with van der Waals surface area (Å²) in [5, 5.41) is 16.0. The molecule has 9 heteroatoms. The smallest absolute Gasteiger partial charge is 0.408 e. The van der Waals surface area contributed by atoms with E-state index >= 15 is 0 Å². The van der Waals surface area contributed by atoms with E-state index in [0.29, 0.717) is 12.1 Å². The van der Waals surface area contributed by atoms with E-state index in [1.54, 1.807) is 39.0 Å². The molecule has 33 heavy (non-hydrogen) atoms. The number of aromatic hydroxyl groups is 1. The minimum atomic E-state index is -1.03. The molecule has 1 aromatic carbocycles. The highest BCUT2D eigenvalue weighted by atomic mass is 32.1. The molecule has 4 unspecified atom stereocenters. The summed E-state index contributed by atoms with van der Waals surface area (Å²) in [5.41, 5.74) is -0.384. The SMILES string of the molecule is CCCCNC(=O)C(c1ccccc1O)N(C(=O)C(CS)NC(=O)OC(C)(C)C)C1CC1C. The van der Waals surface area contributed by atoms with Crippen LogP contribution in [0.1, 0.15) is 65.5 Å². The number of hydrogen-bond acceptors (Lipinski definition) is 6. The molecule has 1 fully saturated rings. The van der Waals surface area contributed by atoms with E-state index in [9.17, 15) is 19.5 Å². The average molecular weight is 480 g/mol. The Labute approximate surface area is 201 Å². The van der Waals surface area contributed by atoms with Crippen molar-refractivity contribution in [3.8, 4) is 5.75 Å². The third kappa shape index (κ3) is 7.55. The first kappa shape index (κ1) is 26.8. The van der Waals surface area contributed by atoms with Gasteiger partial charge in [0.25, 0.3) is 0 Å². The van der Waals surface area contributed by atoms with E-state index in [-0.39, 0.29) is 29.4 Å². The Balaban J connectivity index is 2.39. The van der Waals surface area contributed by atoms with Crippen LogP contribution >= 0.6 is 12.6 Å². The van der Waals surface area contributed by atoms with Crippen LogP contribution in [0.25, 0.3) is 0 Å². The van der Waals surface area contributed by atoms with Gasteiger partial charge in [0.1, 0.15) is 23.4 Å². The number of nitrogens with zero attached hydrogens (tertiary/aromatic N) is 1. The number of carbonyl (C=O) groups excluding carboxylic acids is 3. The average Bonchev–Trinajstić information content (AvgIpc) is 3.45. The largest absolute Gasteiger partial charge is 0.508 e. The third-order valence-electron chi connectivity index (χ3n) is 5.44. The normalized spacial score (nSPS) is 19.2. The molecule has 1 aliphatic rings. The zero-order valence-electron chi connectivity index (χ0n) is 20.1. The lowest BCUT2D eigenvalue weighted by Gasteiger charge is -2.35. The topological polar surface area (TPSA) is 108 Å². The highest BCUT2D eigenvalue weighted by Gasteiger charge is 2.48. The molecule has 2 rings (SSSR count). The van der Waals surface area contributed by atoms with Gasteiger partial charge in [-0.2, -0.15) is 12.6 Å². The van der Waals surface area contributed by atoms with Gasteiger partial charge in [-0.15, -0.1) is 0 Å². The predicted molar refractivity (Wildman–Crippen MR) is 130 cm³/mol. The first-order chi connectivity index (χ1) is 15.5.